The summed E-state index contributed by atoms with van der Waals surface area (Å²) in [5, 5.41) is 4.56. The van der Waals surface area contributed by atoms with E-state index in [9.17, 15) is 22.8 Å². The van der Waals surface area contributed by atoms with Gasteiger partial charge in [-0.2, -0.15) is 0 Å². The molecule has 0 spiro atoms. The zero-order valence-electron chi connectivity index (χ0n) is 14.2. The van der Waals surface area contributed by atoms with E-state index in [2.05, 4.69) is 10.0 Å². The topological polar surface area (TPSA) is 131 Å². The molecule has 2 aliphatic rings. The Hall–Kier alpha value is -2.17. The minimum Gasteiger partial charge on any atom is -0.452 e. The van der Waals surface area contributed by atoms with Crippen molar-refractivity contribution in [2.24, 2.45) is 0 Å². The summed E-state index contributed by atoms with van der Waals surface area (Å²) in [7, 11) is -3.86. The van der Waals surface area contributed by atoms with Crippen LogP contribution < -0.4 is 15.4 Å². The second kappa shape index (κ2) is 7.83. The summed E-state index contributed by atoms with van der Waals surface area (Å²) in [4.78, 5) is 34.9. The third-order valence-corrected chi connectivity index (χ3v) is 5.86. The smallest absolute Gasteiger partial charge is 0.338 e. The number of ether oxygens (including phenoxy) is 1. The molecular formula is C16H18ClN3O6S. The Morgan fingerprint density at radius 3 is 2.41 bits per heavy atom. The van der Waals surface area contributed by atoms with Crippen LogP contribution in [-0.4, -0.2) is 45.0 Å². The number of sulfonamides is 1. The van der Waals surface area contributed by atoms with Crippen LogP contribution in [0.2, 0.25) is 5.02 Å². The third-order valence-electron chi connectivity index (χ3n) is 3.86. The van der Waals surface area contributed by atoms with Gasteiger partial charge in [-0.1, -0.05) is 11.6 Å². The summed E-state index contributed by atoms with van der Waals surface area (Å²) in [5.41, 5.74) is -0.0780. The number of hydrogen-bond acceptors (Lipinski definition) is 6. The van der Waals surface area contributed by atoms with Crippen molar-refractivity contribution < 1.29 is 27.5 Å². The quantitative estimate of drug-likeness (QED) is 0.568. The highest BCUT2D eigenvalue weighted by Gasteiger charge is 2.30. The number of imide groups is 1. The molecule has 0 saturated heterocycles. The molecule has 1 aromatic rings. The Morgan fingerprint density at radius 1 is 1.11 bits per heavy atom. The van der Waals surface area contributed by atoms with E-state index in [0.717, 1.165) is 31.7 Å². The molecule has 146 valence electrons. The van der Waals surface area contributed by atoms with Gasteiger partial charge in [-0.15, -0.1) is 0 Å². The lowest BCUT2D eigenvalue weighted by Crippen LogP contribution is -2.42. The predicted molar refractivity (Wildman–Crippen MR) is 94.8 cm³/mol. The fourth-order valence-electron chi connectivity index (χ4n) is 2.15. The molecule has 9 nitrogen and oxygen atoms in total. The molecule has 0 aliphatic heterocycles. The lowest BCUT2D eigenvalue weighted by atomic mass is 10.2. The highest BCUT2D eigenvalue weighted by molar-refractivity contribution is 7.89. The van der Waals surface area contributed by atoms with Crippen LogP contribution in [0.3, 0.4) is 0 Å². The van der Waals surface area contributed by atoms with Crippen LogP contribution in [0.15, 0.2) is 23.1 Å². The number of hydrogen-bond donors (Lipinski definition) is 3. The Morgan fingerprint density at radius 2 is 1.78 bits per heavy atom. The number of carbonyl (C=O) groups is 3. The summed E-state index contributed by atoms with van der Waals surface area (Å²) in [6, 6.07) is 2.96. The van der Waals surface area contributed by atoms with Crippen LogP contribution in [-0.2, 0) is 19.6 Å². The van der Waals surface area contributed by atoms with Gasteiger partial charge in [0.1, 0.15) is 4.90 Å². The summed E-state index contributed by atoms with van der Waals surface area (Å²) in [5.74, 6) is -1.70. The van der Waals surface area contributed by atoms with Crippen molar-refractivity contribution in [1.82, 2.24) is 15.4 Å². The lowest BCUT2D eigenvalue weighted by molar-refractivity contribution is -0.123. The molecule has 0 aromatic heterocycles. The number of carbonyl (C=O) groups excluding carboxylic acids is 3. The molecule has 2 aliphatic carbocycles. The highest BCUT2D eigenvalue weighted by Crippen LogP contribution is 2.27. The normalized spacial score (nSPS) is 16.5. The highest BCUT2D eigenvalue weighted by atomic mass is 35.5. The van der Waals surface area contributed by atoms with Gasteiger partial charge < -0.3 is 10.1 Å². The summed E-state index contributed by atoms with van der Waals surface area (Å²) in [6.07, 6.45) is 3.24. The maximum absolute atomic E-state index is 12.3. The fourth-order valence-corrected chi connectivity index (χ4v) is 3.98. The average molecular weight is 416 g/mol. The predicted octanol–water partition coefficient (Wildman–Crippen LogP) is 0.926. The van der Waals surface area contributed by atoms with Gasteiger partial charge in [0.25, 0.3) is 5.91 Å². The van der Waals surface area contributed by atoms with Crippen LogP contribution >= 0.6 is 11.6 Å². The van der Waals surface area contributed by atoms with Crippen molar-refractivity contribution in [3.05, 3.63) is 28.8 Å². The monoisotopic (exact) mass is 415 g/mol. The van der Waals surface area contributed by atoms with Crippen molar-refractivity contribution in [3.8, 4) is 0 Å². The van der Waals surface area contributed by atoms with Gasteiger partial charge in [-0.05, 0) is 43.9 Å². The lowest BCUT2D eigenvalue weighted by Gasteiger charge is -2.10. The molecule has 2 fully saturated rings. The Kier molecular flexibility index (Phi) is 5.68. The van der Waals surface area contributed by atoms with Crippen LogP contribution in [0.5, 0.6) is 0 Å². The largest absolute Gasteiger partial charge is 0.452 e. The van der Waals surface area contributed by atoms with E-state index in [-0.39, 0.29) is 27.6 Å². The number of nitrogens with one attached hydrogen (secondary N) is 3. The van der Waals surface area contributed by atoms with E-state index >= 15 is 0 Å². The van der Waals surface area contributed by atoms with E-state index in [0.29, 0.717) is 0 Å². The molecule has 0 radical (unpaired) electrons. The van der Waals surface area contributed by atoms with E-state index in [1.807, 2.05) is 5.32 Å². The molecule has 3 rings (SSSR count). The maximum atomic E-state index is 12.3. The first-order chi connectivity index (χ1) is 12.7. The Bertz CT molecular complexity index is 880. The second-order valence-corrected chi connectivity index (χ2v) is 8.50. The number of halogens is 1. The van der Waals surface area contributed by atoms with Gasteiger partial charge in [0.05, 0.1) is 10.6 Å². The molecule has 0 heterocycles. The van der Waals surface area contributed by atoms with E-state index in [1.165, 1.54) is 12.1 Å². The van der Waals surface area contributed by atoms with Crippen molar-refractivity contribution >= 4 is 39.5 Å². The second-order valence-electron chi connectivity index (χ2n) is 6.41. The molecule has 27 heavy (non-hydrogen) atoms. The SMILES string of the molecule is O=C(COC(=O)c1ccc(Cl)c(S(=O)(=O)NC2CC2)c1)NC(=O)NC1CC1. The minimum atomic E-state index is -3.86. The Balaban J connectivity index is 1.58. The van der Waals surface area contributed by atoms with Gasteiger partial charge in [0.2, 0.25) is 10.0 Å². The standard InChI is InChI=1S/C16H18ClN3O6S/c17-12-6-1-9(7-13(12)27(24,25)20-11-4-5-11)15(22)26-8-14(21)19-16(23)18-10-2-3-10/h1,6-7,10-11,20H,2-5,8H2,(H2,18,19,21,23). The summed E-state index contributed by atoms with van der Waals surface area (Å²) in [6.45, 7) is -0.679. The molecule has 0 atom stereocenters. The summed E-state index contributed by atoms with van der Waals surface area (Å²) < 4.78 is 31.9. The summed E-state index contributed by atoms with van der Waals surface area (Å²) >= 11 is 5.94. The average Bonchev–Trinajstić information content (AvgIpc) is 3.50. The number of esters is 1. The molecule has 0 bridgehead atoms. The molecule has 3 amide bonds. The van der Waals surface area contributed by atoms with E-state index in [4.69, 9.17) is 16.3 Å². The van der Waals surface area contributed by atoms with Gasteiger partial charge in [0.15, 0.2) is 6.61 Å². The third kappa shape index (κ3) is 5.65. The zero-order valence-corrected chi connectivity index (χ0v) is 15.7. The van der Waals surface area contributed by atoms with Crippen LogP contribution in [0.4, 0.5) is 4.79 Å². The molecule has 2 saturated carbocycles. The van der Waals surface area contributed by atoms with Gasteiger partial charge >= 0.3 is 12.0 Å². The van der Waals surface area contributed by atoms with Gasteiger partial charge in [0, 0.05) is 12.1 Å². The molecule has 0 unspecified atom stereocenters. The van der Waals surface area contributed by atoms with Crippen molar-refractivity contribution in [1.29, 1.82) is 0 Å². The van der Waals surface area contributed by atoms with E-state index in [1.54, 1.807) is 0 Å². The van der Waals surface area contributed by atoms with Crippen molar-refractivity contribution in [2.45, 2.75) is 42.7 Å². The molecule has 11 heteroatoms. The van der Waals surface area contributed by atoms with Crippen LogP contribution in [0.25, 0.3) is 0 Å². The van der Waals surface area contributed by atoms with Crippen molar-refractivity contribution in [2.75, 3.05) is 6.61 Å². The first-order valence-electron chi connectivity index (χ1n) is 8.34. The maximum Gasteiger partial charge on any atom is 0.338 e. The molecular weight excluding hydrogens is 398 g/mol. The fraction of sp³-hybridized carbons (Fsp3) is 0.438. The number of benzene rings is 1. The van der Waals surface area contributed by atoms with Crippen LogP contribution in [0, 0.1) is 0 Å². The molecule has 3 N–H and O–H groups in total. The first kappa shape index (κ1) is 19.6. The van der Waals surface area contributed by atoms with Crippen LogP contribution in [0.1, 0.15) is 36.0 Å². The van der Waals surface area contributed by atoms with Gasteiger partial charge in [-0.25, -0.2) is 22.7 Å². The first-order valence-corrected chi connectivity index (χ1v) is 10.2. The number of amides is 3. The zero-order chi connectivity index (χ0) is 19.6. The van der Waals surface area contributed by atoms with E-state index < -0.39 is 34.5 Å². The van der Waals surface area contributed by atoms with Crippen molar-refractivity contribution in [3.63, 3.8) is 0 Å². The number of rotatable bonds is 7. The minimum absolute atomic E-state index is 0.0332. The Labute approximate surface area is 160 Å². The van der Waals surface area contributed by atoms with Gasteiger partial charge in [-0.3, -0.25) is 10.1 Å². The molecule has 1 aromatic carbocycles. The number of urea groups is 1.